The summed E-state index contributed by atoms with van der Waals surface area (Å²) in [6.07, 6.45) is 0.462. The smallest absolute Gasteiger partial charge is 0.227 e. The molecular weight excluding hydrogens is 202 g/mol. The van der Waals surface area contributed by atoms with Crippen molar-refractivity contribution in [2.45, 2.75) is 20.3 Å². The zero-order chi connectivity index (χ0) is 11.7. The number of aliphatic hydroxyl groups is 1. The van der Waals surface area contributed by atoms with Gasteiger partial charge in [0.25, 0.3) is 0 Å². The van der Waals surface area contributed by atoms with Crippen LogP contribution < -0.4 is 4.90 Å². The first-order valence-electron chi connectivity index (χ1n) is 5.60. The normalized spacial score (nSPS) is 20.6. The van der Waals surface area contributed by atoms with E-state index >= 15 is 0 Å². The van der Waals surface area contributed by atoms with E-state index in [-0.39, 0.29) is 18.4 Å². The Hall–Kier alpha value is -1.35. The minimum atomic E-state index is 0.0904. The molecule has 16 heavy (non-hydrogen) atoms. The summed E-state index contributed by atoms with van der Waals surface area (Å²) < 4.78 is 0. The van der Waals surface area contributed by atoms with E-state index in [1.165, 1.54) is 5.56 Å². The first kappa shape index (κ1) is 11.1. The summed E-state index contributed by atoms with van der Waals surface area (Å²) in [7, 11) is 0. The van der Waals surface area contributed by atoms with Crippen molar-refractivity contribution in [1.82, 2.24) is 0 Å². The van der Waals surface area contributed by atoms with Gasteiger partial charge in [-0.2, -0.15) is 0 Å². The van der Waals surface area contributed by atoms with Crippen molar-refractivity contribution in [3.05, 3.63) is 29.3 Å². The van der Waals surface area contributed by atoms with E-state index in [0.717, 1.165) is 11.3 Å². The van der Waals surface area contributed by atoms with Crippen LogP contribution in [0.2, 0.25) is 0 Å². The summed E-state index contributed by atoms with van der Waals surface area (Å²) in [6, 6.07) is 6.08. The fraction of sp³-hybridized carbons (Fsp3) is 0.462. The average Bonchev–Trinajstić information content (AvgIpc) is 2.60. The van der Waals surface area contributed by atoms with Crippen molar-refractivity contribution in [1.29, 1.82) is 0 Å². The first-order chi connectivity index (χ1) is 7.61. The third-order valence-electron chi connectivity index (χ3n) is 3.11. The molecule has 1 aromatic carbocycles. The first-order valence-corrected chi connectivity index (χ1v) is 5.60. The van der Waals surface area contributed by atoms with Crippen molar-refractivity contribution in [2.75, 3.05) is 18.1 Å². The van der Waals surface area contributed by atoms with E-state index in [9.17, 15) is 4.79 Å². The molecule has 0 bridgehead atoms. The molecule has 3 heteroatoms. The Kier molecular flexibility index (Phi) is 2.97. The molecule has 0 radical (unpaired) electrons. The van der Waals surface area contributed by atoms with E-state index in [0.29, 0.717) is 13.0 Å². The summed E-state index contributed by atoms with van der Waals surface area (Å²) in [5, 5.41) is 9.08. The molecule has 3 nitrogen and oxygen atoms in total. The van der Waals surface area contributed by atoms with Crippen LogP contribution in [-0.4, -0.2) is 24.2 Å². The summed E-state index contributed by atoms with van der Waals surface area (Å²) in [6.45, 7) is 4.79. The fourth-order valence-corrected chi connectivity index (χ4v) is 2.24. The Morgan fingerprint density at radius 2 is 2.19 bits per heavy atom. The van der Waals surface area contributed by atoms with E-state index in [1.807, 2.05) is 26.0 Å². The highest BCUT2D eigenvalue weighted by Gasteiger charge is 2.30. The van der Waals surface area contributed by atoms with Gasteiger partial charge in [-0.25, -0.2) is 0 Å². The molecule has 1 amide bonds. The van der Waals surface area contributed by atoms with Gasteiger partial charge in [0, 0.05) is 31.2 Å². The van der Waals surface area contributed by atoms with Crippen molar-refractivity contribution >= 4 is 11.6 Å². The molecule has 2 rings (SSSR count). The summed E-state index contributed by atoms with van der Waals surface area (Å²) in [5.74, 6) is 0.208. The SMILES string of the molecule is Cc1ccc(N2CC(CO)CC2=O)c(C)c1. The number of carbonyl (C=O) groups excluding carboxylic acids is 1. The highest BCUT2D eigenvalue weighted by atomic mass is 16.3. The molecule has 1 heterocycles. The lowest BCUT2D eigenvalue weighted by atomic mass is 10.1. The minimum absolute atomic E-state index is 0.0904. The van der Waals surface area contributed by atoms with Gasteiger partial charge in [-0.05, 0) is 25.5 Å². The molecule has 1 aliphatic heterocycles. The molecule has 1 fully saturated rings. The van der Waals surface area contributed by atoms with Crippen LogP contribution in [0, 0.1) is 19.8 Å². The van der Waals surface area contributed by atoms with Crippen LogP contribution in [0.15, 0.2) is 18.2 Å². The fourth-order valence-electron chi connectivity index (χ4n) is 2.24. The van der Waals surface area contributed by atoms with Crippen molar-refractivity contribution < 1.29 is 9.90 Å². The van der Waals surface area contributed by atoms with Gasteiger partial charge in [0.2, 0.25) is 5.91 Å². The summed E-state index contributed by atoms with van der Waals surface area (Å²) in [4.78, 5) is 13.6. The molecule has 0 saturated carbocycles. The predicted octanol–water partition coefficient (Wildman–Crippen LogP) is 1.65. The molecule has 1 atom stereocenters. The molecular formula is C13H17NO2. The van der Waals surface area contributed by atoms with Crippen molar-refractivity contribution in [3.63, 3.8) is 0 Å². The molecule has 1 saturated heterocycles. The van der Waals surface area contributed by atoms with Gasteiger partial charge in [-0.3, -0.25) is 4.79 Å². The Morgan fingerprint density at radius 3 is 2.75 bits per heavy atom. The summed E-state index contributed by atoms with van der Waals surface area (Å²) >= 11 is 0. The Bertz CT molecular complexity index is 414. The van der Waals surface area contributed by atoms with Gasteiger partial charge in [0.05, 0.1) is 0 Å². The lowest BCUT2D eigenvalue weighted by molar-refractivity contribution is -0.117. The number of nitrogens with zero attached hydrogens (tertiary/aromatic N) is 1. The number of anilines is 1. The van der Waals surface area contributed by atoms with Gasteiger partial charge in [-0.15, -0.1) is 0 Å². The average molecular weight is 219 g/mol. The van der Waals surface area contributed by atoms with Gasteiger partial charge >= 0.3 is 0 Å². The highest BCUT2D eigenvalue weighted by molar-refractivity contribution is 5.96. The molecule has 1 N–H and O–H groups in total. The number of aliphatic hydroxyl groups excluding tert-OH is 1. The number of rotatable bonds is 2. The molecule has 1 aromatic rings. The molecule has 1 unspecified atom stereocenters. The van der Waals surface area contributed by atoms with E-state index in [2.05, 4.69) is 6.07 Å². The third-order valence-corrected chi connectivity index (χ3v) is 3.11. The third kappa shape index (κ3) is 1.95. The van der Waals surface area contributed by atoms with Gasteiger partial charge < -0.3 is 10.0 Å². The van der Waals surface area contributed by atoms with E-state index in [4.69, 9.17) is 5.11 Å². The summed E-state index contributed by atoms with van der Waals surface area (Å²) in [5.41, 5.74) is 3.30. The largest absolute Gasteiger partial charge is 0.396 e. The molecule has 86 valence electrons. The Balaban J connectivity index is 2.28. The molecule has 1 aliphatic rings. The quantitative estimate of drug-likeness (QED) is 0.821. The predicted molar refractivity (Wildman–Crippen MR) is 63.5 cm³/mol. The molecule has 0 aliphatic carbocycles. The highest BCUT2D eigenvalue weighted by Crippen LogP contribution is 2.28. The van der Waals surface area contributed by atoms with Crippen LogP contribution in [0.1, 0.15) is 17.5 Å². The lowest BCUT2D eigenvalue weighted by Crippen LogP contribution is -2.25. The standard InChI is InChI=1S/C13H17NO2/c1-9-3-4-12(10(2)5-9)14-7-11(8-15)6-13(14)16/h3-5,11,15H,6-8H2,1-2H3. The lowest BCUT2D eigenvalue weighted by Gasteiger charge is -2.19. The van der Waals surface area contributed by atoms with E-state index < -0.39 is 0 Å². The number of benzene rings is 1. The van der Waals surface area contributed by atoms with E-state index in [1.54, 1.807) is 4.90 Å². The maximum Gasteiger partial charge on any atom is 0.227 e. The minimum Gasteiger partial charge on any atom is -0.396 e. The van der Waals surface area contributed by atoms with Crippen LogP contribution in [0.25, 0.3) is 0 Å². The van der Waals surface area contributed by atoms with Gasteiger partial charge in [-0.1, -0.05) is 17.7 Å². The van der Waals surface area contributed by atoms with Crippen LogP contribution in [0.3, 0.4) is 0 Å². The maximum absolute atomic E-state index is 11.8. The number of hydrogen-bond acceptors (Lipinski definition) is 2. The molecule has 0 aromatic heterocycles. The number of aryl methyl sites for hydroxylation is 2. The topological polar surface area (TPSA) is 40.5 Å². The van der Waals surface area contributed by atoms with Crippen molar-refractivity contribution in [2.24, 2.45) is 5.92 Å². The number of amides is 1. The van der Waals surface area contributed by atoms with Crippen LogP contribution >= 0.6 is 0 Å². The zero-order valence-electron chi connectivity index (χ0n) is 9.73. The Labute approximate surface area is 95.7 Å². The van der Waals surface area contributed by atoms with Gasteiger partial charge in [0.1, 0.15) is 0 Å². The number of hydrogen-bond donors (Lipinski definition) is 1. The second-order valence-corrected chi connectivity index (χ2v) is 4.55. The second-order valence-electron chi connectivity index (χ2n) is 4.55. The van der Waals surface area contributed by atoms with Crippen LogP contribution in [0.5, 0.6) is 0 Å². The second kappa shape index (κ2) is 4.26. The number of carbonyl (C=O) groups is 1. The maximum atomic E-state index is 11.8. The monoisotopic (exact) mass is 219 g/mol. The van der Waals surface area contributed by atoms with Crippen molar-refractivity contribution in [3.8, 4) is 0 Å². The van der Waals surface area contributed by atoms with Crippen LogP contribution in [-0.2, 0) is 4.79 Å². The molecule has 0 spiro atoms. The van der Waals surface area contributed by atoms with Crippen LogP contribution in [0.4, 0.5) is 5.69 Å². The zero-order valence-corrected chi connectivity index (χ0v) is 9.73. The van der Waals surface area contributed by atoms with Gasteiger partial charge in [0.15, 0.2) is 0 Å². The Morgan fingerprint density at radius 1 is 1.44 bits per heavy atom.